The number of halogens is 1. The van der Waals surface area contributed by atoms with Crippen LogP contribution in [0, 0.1) is 5.82 Å². The number of aliphatic hydroxyl groups is 1. The van der Waals surface area contributed by atoms with Gasteiger partial charge in [-0.2, -0.15) is 0 Å². The summed E-state index contributed by atoms with van der Waals surface area (Å²) in [7, 11) is 0. The molecular weight excluding hydrogens is 311 g/mol. The van der Waals surface area contributed by atoms with Crippen molar-refractivity contribution < 1.29 is 19.1 Å². The highest BCUT2D eigenvalue weighted by atomic mass is 19.1. The molecule has 5 nitrogen and oxygen atoms in total. The Morgan fingerprint density at radius 2 is 1.83 bits per heavy atom. The summed E-state index contributed by atoms with van der Waals surface area (Å²) in [5.41, 5.74) is 1.74. The van der Waals surface area contributed by atoms with E-state index in [0.29, 0.717) is 11.3 Å². The fraction of sp³-hybridized carbons (Fsp3) is 0.222. The van der Waals surface area contributed by atoms with Gasteiger partial charge in [0.15, 0.2) is 0 Å². The second-order valence-corrected chi connectivity index (χ2v) is 5.14. The zero-order chi connectivity index (χ0) is 17.5. The third-order valence-corrected chi connectivity index (χ3v) is 3.60. The Hall–Kier alpha value is -2.73. The van der Waals surface area contributed by atoms with Crippen LogP contribution in [0.3, 0.4) is 0 Å². The van der Waals surface area contributed by atoms with Crippen LogP contribution in [0.1, 0.15) is 18.1 Å². The van der Waals surface area contributed by atoms with Gasteiger partial charge in [-0.1, -0.05) is 30.3 Å². The van der Waals surface area contributed by atoms with Gasteiger partial charge in [0.1, 0.15) is 5.82 Å². The highest BCUT2D eigenvalue weighted by molar-refractivity contribution is 6.40. The molecule has 0 aliphatic carbocycles. The van der Waals surface area contributed by atoms with E-state index in [-0.39, 0.29) is 19.7 Å². The number of carbonyl (C=O) groups excluding carboxylic acids is 2. The Morgan fingerprint density at radius 3 is 2.46 bits per heavy atom. The van der Waals surface area contributed by atoms with E-state index in [1.165, 1.54) is 23.1 Å². The average molecular weight is 330 g/mol. The van der Waals surface area contributed by atoms with Crippen molar-refractivity contribution in [2.45, 2.75) is 20.1 Å². The van der Waals surface area contributed by atoms with Crippen LogP contribution in [0.15, 0.2) is 48.5 Å². The van der Waals surface area contributed by atoms with Crippen molar-refractivity contribution in [3.05, 3.63) is 65.5 Å². The summed E-state index contributed by atoms with van der Waals surface area (Å²) in [5.74, 6) is -2.02. The van der Waals surface area contributed by atoms with Gasteiger partial charge in [-0.25, -0.2) is 4.39 Å². The van der Waals surface area contributed by atoms with E-state index in [2.05, 4.69) is 5.32 Å². The Kier molecular flexibility index (Phi) is 6.03. The summed E-state index contributed by atoms with van der Waals surface area (Å²) in [4.78, 5) is 25.6. The van der Waals surface area contributed by atoms with E-state index in [4.69, 9.17) is 0 Å². The lowest BCUT2D eigenvalue weighted by Crippen LogP contribution is -2.43. The molecule has 0 spiro atoms. The van der Waals surface area contributed by atoms with Crippen LogP contribution >= 0.6 is 0 Å². The number of hydrogen-bond donors (Lipinski definition) is 2. The van der Waals surface area contributed by atoms with Crippen LogP contribution in [0.25, 0.3) is 0 Å². The molecule has 0 radical (unpaired) electrons. The minimum atomic E-state index is -0.783. The summed E-state index contributed by atoms with van der Waals surface area (Å²) in [6.07, 6.45) is 0. The molecule has 24 heavy (non-hydrogen) atoms. The zero-order valence-electron chi connectivity index (χ0n) is 13.3. The number of rotatable bonds is 5. The van der Waals surface area contributed by atoms with Gasteiger partial charge in [0.05, 0.1) is 6.61 Å². The number of anilines is 1. The maximum Gasteiger partial charge on any atom is 0.316 e. The normalized spacial score (nSPS) is 10.3. The van der Waals surface area contributed by atoms with E-state index in [1.54, 1.807) is 37.3 Å². The molecule has 2 N–H and O–H groups in total. The van der Waals surface area contributed by atoms with Crippen LogP contribution in [-0.4, -0.2) is 23.5 Å². The van der Waals surface area contributed by atoms with Crippen LogP contribution in [0.4, 0.5) is 10.1 Å². The summed E-state index contributed by atoms with van der Waals surface area (Å²) in [5, 5.41) is 11.8. The topological polar surface area (TPSA) is 69.6 Å². The molecule has 0 unspecified atom stereocenters. The number of amides is 2. The van der Waals surface area contributed by atoms with Gasteiger partial charge in [0, 0.05) is 18.8 Å². The molecule has 2 amide bonds. The summed E-state index contributed by atoms with van der Waals surface area (Å²) in [6, 6.07) is 12.6. The monoisotopic (exact) mass is 330 g/mol. The van der Waals surface area contributed by atoms with Gasteiger partial charge < -0.3 is 15.3 Å². The van der Waals surface area contributed by atoms with Gasteiger partial charge >= 0.3 is 11.8 Å². The first-order valence-corrected chi connectivity index (χ1v) is 7.59. The number of carbonyl (C=O) groups is 2. The molecule has 2 rings (SSSR count). The second kappa shape index (κ2) is 8.21. The molecule has 2 aromatic rings. The van der Waals surface area contributed by atoms with Gasteiger partial charge in [0.2, 0.25) is 0 Å². The molecule has 0 saturated carbocycles. The van der Waals surface area contributed by atoms with Crippen LogP contribution in [0.2, 0.25) is 0 Å². The first-order chi connectivity index (χ1) is 11.6. The first kappa shape index (κ1) is 17.6. The fourth-order valence-electron chi connectivity index (χ4n) is 2.35. The number of hydrogen-bond acceptors (Lipinski definition) is 3. The average Bonchev–Trinajstić information content (AvgIpc) is 2.60. The lowest BCUT2D eigenvalue weighted by molar-refractivity contribution is -0.137. The van der Waals surface area contributed by atoms with Crippen molar-refractivity contribution in [3.8, 4) is 0 Å². The van der Waals surface area contributed by atoms with E-state index < -0.39 is 17.6 Å². The van der Waals surface area contributed by atoms with Gasteiger partial charge in [-0.15, -0.1) is 0 Å². The zero-order valence-corrected chi connectivity index (χ0v) is 13.3. The Bertz CT molecular complexity index is 734. The van der Waals surface area contributed by atoms with Gasteiger partial charge in [0.25, 0.3) is 0 Å². The number of benzene rings is 2. The Labute approximate surface area is 139 Å². The molecule has 0 atom stereocenters. The van der Waals surface area contributed by atoms with E-state index in [0.717, 1.165) is 5.56 Å². The van der Waals surface area contributed by atoms with Crippen LogP contribution in [0.5, 0.6) is 0 Å². The third kappa shape index (κ3) is 4.17. The predicted molar refractivity (Wildman–Crippen MR) is 88.6 cm³/mol. The summed E-state index contributed by atoms with van der Waals surface area (Å²) in [6.45, 7) is 1.92. The molecule has 0 saturated heterocycles. The summed E-state index contributed by atoms with van der Waals surface area (Å²) < 4.78 is 13.3. The van der Waals surface area contributed by atoms with E-state index in [9.17, 15) is 19.1 Å². The molecule has 0 heterocycles. The van der Waals surface area contributed by atoms with Crippen molar-refractivity contribution in [1.82, 2.24) is 5.32 Å². The number of likely N-dealkylation sites (N-methyl/N-ethyl adjacent to an activating group) is 1. The largest absolute Gasteiger partial charge is 0.392 e. The lowest BCUT2D eigenvalue weighted by atomic mass is 10.1. The van der Waals surface area contributed by atoms with Crippen molar-refractivity contribution >= 4 is 17.5 Å². The van der Waals surface area contributed by atoms with Crippen molar-refractivity contribution in [2.24, 2.45) is 0 Å². The smallest absolute Gasteiger partial charge is 0.316 e. The molecule has 0 fully saturated rings. The highest BCUT2D eigenvalue weighted by Gasteiger charge is 2.22. The number of nitrogens with one attached hydrogen (secondary N) is 1. The molecule has 0 bridgehead atoms. The maximum atomic E-state index is 13.3. The number of aliphatic hydroxyl groups excluding tert-OH is 1. The van der Waals surface area contributed by atoms with Crippen LogP contribution in [-0.2, 0) is 22.7 Å². The van der Waals surface area contributed by atoms with Crippen LogP contribution < -0.4 is 10.2 Å². The minimum absolute atomic E-state index is 0.127. The van der Waals surface area contributed by atoms with Crippen molar-refractivity contribution in [1.29, 1.82) is 0 Å². The van der Waals surface area contributed by atoms with E-state index in [1.807, 2.05) is 0 Å². The fourth-order valence-corrected chi connectivity index (χ4v) is 2.35. The first-order valence-electron chi connectivity index (χ1n) is 7.59. The Balaban J connectivity index is 2.06. The molecule has 0 aliphatic heterocycles. The van der Waals surface area contributed by atoms with Crippen molar-refractivity contribution in [2.75, 3.05) is 11.4 Å². The second-order valence-electron chi connectivity index (χ2n) is 5.14. The van der Waals surface area contributed by atoms with Gasteiger partial charge in [-0.3, -0.25) is 9.59 Å². The quantitative estimate of drug-likeness (QED) is 0.824. The lowest BCUT2D eigenvalue weighted by Gasteiger charge is -2.20. The third-order valence-electron chi connectivity index (χ3n) is 3.60. The molecule has 0 aliphatic rings. The Morgan fingerprint density at radius 1 is 1.12 bits per heavy atom. The predicted octanol–water partition coefficient (Wildman–Crippen LogP) is 1.99. The standard InChI is InChI=1S/C18H19FN2O3/c1-2-21(16-9-5-8-15(19)10-16)18(24)17(23)20-11-13-6-3-4-7-14(13)12-22/h3-10,22H,2,11-12H2,1H3,(H,20,23). The van der Waals surface area contributed by atoms with Crippen molar-refractivity contribution in [3.63, 3.8) is 0 Å². The molecule has 2 aromatic carbocycles. The SMILES string of the molecule is CCN(C(=O)C(=O)NCc1ccccc1CO)c1cccc(F)c1. The van der Waals surface area contributed by atoms with Gasteiger partial charge in [-0.05, 0) is 36.2 Å². The highest BCUT2D eigenvalue weighted by Crippen LogP contribution is 2.15. The molecule has 0 aromatic heterocycles. The molecule has 6 heteroatoms. The maximum absolute atomic E-state index is 13.3. The molecule has 126 valence electrons. The minimum Gasteiger partial charge on any atom is -0.392 e. The number of nitrogens with zero attached hydrogens (tertiary/aromatic N) is 1. The summed E-state index contributed by atoms with van der Waals surface area (Å²) >= 11 is 0. The van der Waals surface area contributed by atoms with E-state index >= 15 is 0 Å². The molecular formula is C18H19FN2O3.